The Morgan fingerprint density at radius 1 is 1.25 bits per heavy atom. The molecule has 1 saturated carbocycles. The van der Waals surface area contributed by atoms with Gasteiger partial charge in [-0.15, -0.1) is 0 Å². The molecule has 0 atom stereocenters. The monoisotopic (exact) mass is 287 g/mol. The first-order chi connectivity index (χ1) is 9.35. The van der Waals surface area contributed by atoms with E-state index in [0.717, 1.165) is 18.9 Å². The van der Waals surface area contributed by atoms with Crippen LogP contribution in [-0.2, 0) is 17.5 Å². The van der Waals surface area contributed by atoms with E-state index in [0.29, 0.717) is 12.8 Å². The first kappa shape index (κ1) is 14.8. The van der Waals surface area contributed by atoms with Crippen LogP contribution in [0.15, 0.2) is 24.3 Å². The minimum atomic E-state index is -4.43. The minimum Gasteiger partial charge on any atom is -0.480 e. The number of hydrogen-bond donors (Lipinski definition) is 2. The molecular formula is C14H16F3NO2. The van der Waals surface area contributed by atoms with E-state index in [-0.39, 0.29) is 12.1 Å². The molecule has 1 aromatic rings. The van der Waals surface area contributed by atoms with Gasteiger partial charge in [-0.3, -0.25) is 10.1 Å². The van der Waals surface area contributed by atoms with Crippen molar-refractivity contribution in [1.82, 2.24) is 5.32 Å². The second-order valence-corrected chi connectivity index (χ2v) is 5.10. The molecule has 0 aromatic heterocycles. The number of benzene rings is 1. The summed E-state index contributed by atoms with van der Waals surface area (Å²) in [7, 11) is 0. The van der Waals surface area contributed by atoms with Crippen molar-refractivity contribution in [3.8, 4) is 0 Å². The summed E-state index contributed by atoms with van der Waals surface area (Å²) in [6.07, 6.45) is -1.96. The van der Waals surface area contributed by atoms with Crippen molar-refractivity contribution in [1.29, 1.82) is 0 Å². The van der Waals surface area contributed by atoms with Crippen molar-refractivity contribution in [2.45, 2.75) is 43.9 Å². The van der Waals surface area contributed by atoms with Crippen molar-refractivity contribution in [3.63, 3.8) is 0 Å². The van der Waals surface area contributed by atoms with Crippen LogP contribution in [0, 0.1) is 0 Å². The molecule has 1 fully saturated rings. The zero-order valence-corrected chi connectivity index (χ0v) is 10.8. The topological polar surface area (TPSA) is 49.3 Å². The molecule has 6 heteroatoms. The van der Waals surface area contributed by atoms with Gasteiger partial charge in [0, 0.05) is 6.54 Å². The van der Waals surface area contributed by atoms with Crippen molar-refractivity contribution in [3.05, 3.63) is 35.4 Å². The van der Waals surface area contributed by atoms with Crippen molar-refractivity contribution < 1.29 is 23.1 Å². The lowest BCUT2D eigenvalue weighted by molar-refractivity contribution is -0.144. The molecule has 1 aromatic carbocycles. The highest BCUT2D eigenvalue weighted by molar-refractivity contribution is 5.79. The van der Waals surface area contributed by atoms with E-state index in [1.54, 1.807) is 0 Å². The van der Waals surface area contributed by atoms with Gasteiger partial charge in [0.25, 0.3) is 0 Å². The van der Waals surface area contributed by atoms with Crippen LogP contribution in [0.25, 0.3) is 0 Å². The van der Waals surface area contributed by atoms with E-state index >= 15 is 0 Å². The molecule has 0 saturated heterocycles. The van der Waals surface area contributed by atoms with E-state index in [1.807, 2.05) is 0 Å². The molecule has 3 nitrogen and oxygen atoms in total. The van der Waals surface area contributed by atoms with Gasteiger partial charge in [-0.1, -0.05) is 31.0 Å². The van der Waals surface area contributed by atoms with Crippen LogP contribution in [-0.4, -0.2) is 16.6 Å². The average molecular weight is 287 g/mol. The number of rotatable bonds is 4. The zero-order chi connectivity index (χ0) is 14.8. The molecule has 1 aliphatic carbocycles. The molecule has 1 aliphatic rings. The number of carboxylic acids is 1. The highest BCUT2D eigenvalue weighted by atomic mass is 19.4. The third-order valence-electron chi connectivity index (χ3n) is 3.81. The summed E-state index contributed by atoms with van der Waals surface area (Å²) in [6.45, 7) is -0.0953. The Morgan fingerprint density at radius 2 is 1.85 bits per heavy atom. The number of carbonyl (C=O) groups is 1. The van der Waals surface area contributed by atoms with E-state index in [9.17, 15) is 23.1 Å². The standard InChI is InChI=1S/C14H16F3NO2/c15-14(16,17)11-6-2-1-5-10(11)9-18-13(12(19)20)7-3-4-8-13/h1-2,5-6,18H,3-4,7-9H2,(H,19,20). The fourth-order valence-corrected chi connectivity index (χ4v) is 2.66. The highest BCUT2D eigenvalue weighted by Crippen LogP contribution is 2.33. The van der Waals surface area contributed by atoms with E-state index in [1.165, 1.54) is 18.2 Å². The molecule has 0 aliphatic heterocycles. The molecular weight excluding hydrogens is 271 g/mol. The van der Waals surface area contributed by atoms with Crippen LogP contribution >= 0.6 is 0 Å². The van der Waals surface area contributed by atoms with Crippen LogP contribution in [0.3, 0.4) is 0 Å². The average Bonchev–Trinajstić information content (AvgIpc) is 2.86. The molecule has 110 valence electrons. The smallest absolute Gasteiger partial charge is 0.416 e. The Hall–Kier alpha value is -1.56. The lowest BCUT2D eigenvalue weighted by atomic mass is 9.96. The predicted molar refractivity (Wildman–Crippen MR) is 67.1 cm³/mol. The van der Waals surface area contributed by atoms with Crippen molar-refractivity contribution in [2.24, 2.45) is 0 Å². The molecule has 0 spiro atoms. The molecule has 0 amide bonds. The quantitative estimate of drug-likeness (QED) is 0.894. The van der Waals surface area contributed by atoms with E-state index < -0.39 is 23.2 Å². The third kappa shape index (κ3) is 2.95. The SMILES string of the molecule is O=C(O)C1(NCc2ccccc2C(F)(F)F)CCCC1. The fraction of sp³-hybridized carbons (Fsp3) is 0.500. The van der Waals surface area contributed by atoms with Gasteiger partial charge in [-0.05, 0) is 24.5 Å². The Morgan fingerprint density at radius 3 is 2.40 bits per heavy atom. The van der Waals surface area contributed by atoms with Gasteiger partial charge in [-0.25, -0.2) is 0 Å². The molecule has 2 N–H and O–H groups in total. The van der Waals surface area contributed by atoms with E-state index in [2.05, 4.69) is 5.32 Å². The Kier molecular flexibility index (Phi) is 4.04. The highest BCUT2D eigenvalue weighted by Gasteiger charge is 2.41. The van der Waals surface area contributed by atoms with E-state index in [4.69, 9.17) is 0 Å². The first-order valence-corrected chi connectivity index (χ1v) is 6.49. The molecule has 0 bridgehead atoms. The number of nitrogens with one attached hydrogen (secondary N) is 1. The van der Waals surface area contributed by atoms with Gasteiger partial charge in [0.05, 0.1) is 5.56 Å². The van der Waals surface area contributed by atoms with Crippen LogP contribution in [0.5, 0.6) is 0 Å². The van der Waals surface area contributed by atoms with Crippen LogP contribution in [0.4, 0.5) is 13.2 Å². The van der Waals surface area contributed by atoms with Gasteiger partial charge in [0.2, 0.25) is 0 Å². The Labute approximate surface area is 114 Å². The summed E-state index contributed by atoms with van der Waals surface area (Å²) in [5.41, 5.74) is -1.72. The molecule has 0 heterocycles. The van der Waals surface area contributed by atoms with Crippen molar-refractivity contribution >= 4 is 5.97 Å². The lowest BCUT2D eigenvalue weighted by Crippen LogP contribution is -2.49. The maximum atomic E-state index is 12.9. The largest absolute Gasteiger partial charge is 0.480 e. The van der Waals surface area contributed by atoms with Crippen molar-refractivity contribution in [2.75, 3.05) is 0 Å². The Bertz CT molecular complexity index is 493. The predicted octanol–water partition coefficient (Wildman–Crippen LogP) is 3.19. The maximum Gasteiger partial charge on any atom is 0.416 e. The minimum absolute atomic E-state index is 0.0764. The van der Waals surface area contributed by atoms with Gasteiger partial charge >= 0.3 is 12.1 Å². The number of alkyl halides is 3. The summed E-state index contributed by atoms with van der Waals surface area (Å²) in [4.78, 5) is 11.3. The second kappa shape index (κ2) is 5.44. The van der Waals surface area contributed by atoms with Gasteiger partial charge in [0.15, 0.2) is 0 Å². The molecule has 2 rings (SSSR count). The zero-order valence-electron chi connectivity index (χ0n) is 10.8. The maximum absolute atomic E-state index is 12.9. The molecule has 20 heavy (non-hydrogen) atoms. The van der Waals surface area contributed by atoms with Crippen LogP contribution < -0.4 is 5.32 Å². The van der Waals surface area contributed by atoms with Gasteiger partial charge in [0.1, 0.15) is 5.54 Å². The summed E-state index contributed by atoms with van der Waals surface area (Å²) in [5.74, 6) is -0.987. The molecule has 0 unspecified atom stereocenters. The normalized spacial score (nSPS) is 18.1. The second-order valence-electron chi connectivity index (χ2n) is 5.10. The van der Waals surface area contributed by atoms with Crippen LogP contribution in [0.2, 0.25) is 0 Å². The van der Waals surface area contributed by atoms with Gasteiger partial charge < -0.3 is 5.11 Å². The number of carboxylic acid groups (broad SMARTS) is 1. The summed E-state index contributed by atoms with van der Waals surface area (Å²) < 4.78 is 38.6. The number of halogens is 3. The van der Waals surface area contributed by atoms with Crippen LogP contribution in [0.1, 0.15) is 36.8 Å². The summed E-state index contributed by atoms with van der Waals surface area (Å²) in [6, 6.07) is 5.24. The Balaban J connectivity index is 2.17. The van der Waals surface area contributed by atoms with Gasteiger partial charge in [-0.2, -0.15) is 13.2 Å². The third-order valence-corrected chi connectivity index (χ3v) is 3.81. The molecule has 0 radical (unpaired) electrons. The fourth-order valence-electron chi connectivity index (χ4n) is 2.66. The number of hydrogen-bond acceptors (Lipinski definition) is 2. The first-order valence-electron chi connectivity index (χ1n) is 6.49. The number of aliphatic carboxylic acids is 1. The summed E-state index contributed by atoms with van der Waals surface area (Å²) in [5, 5.41) is 12.1. The summed E-state index contributed by atoms with van der Waals surface area (Å²) >= 11 is 0. The lowest BCUT2D eigenvalue weighted by Gasteiger charge is -2.26.